The standard InChI is InChI=1S/C13H12BrIN2O2S/c14-12-7-9(8-16)1-6-13(12)20(18,19)17-11-4-2-10(15)3-5-11/h1-7,17H,8,16H2. The summed E-state index contributed by atoms with van der Waals surface area (Å²) in [6, 6.07) is 12.1. The molecular formula is C13H12BrIN2O2S. The first-order valence-electron chi connectivity index (χ1n) is 5.69. The molecule has 2 rings (SSSR count). The predicted octanol–water partition coefficient (Wildman–Crippen LogP) is 3.31. The molecule has 2 aromatic rings. The molecule has 3 N–H and O–H groups in total. The van der Waals surface area contributed by atoms with Crippen LogP contribution in [0.5, 0.6) is 0 Å². The lowest BCUT2D eigenvalue weighted by Crippen LogP contribution is -2.14. The number of hydrogen-bond donors (Lipinski definition) is 2. The maximum Gasteiger partial charge on any atom is 0.263 e. The topological polar surface area (TPSA) is 72.2 Å². The number of hydrogen-bond acceptors (Lipinski definition) is 3. The normalized spacial score (nSPS) is 11.3. The lowest BCUT2D eigenvalue weighted by molar-refractivity contribution is 0.600. The van der Waals surface area contributed by atoms with Gasteiger partial charge in [0, 0.05) is 20.3 Å². The van der Waals surface area contributed by atoms with E-state index in [-0.39, 0.29) is 4.90 Å². The number of nitrogens with one attached hydrogen (secondary N) is 1. The van der Waals surface area contributed by atoms with Gasteiger partial charge in [0.1, 0.15) is 4.90 Å². The molecule has 106 valence electrons. The van der Waals surface area contributed by atoms with E-state index in [1.807, 2.05) is 12.1 Å². The van der Waals surface area contributed by atoms with Gasteiger partial charge in [-0.1, -0.05) is 6.07 Å². The Hall–Kier alpha value is -0.640. The quantitative estimate of drug-likeness (QED) is 0.679. The molecule has 0 saturated heterocycles. The smallest absolute Gasteiger partial charge is 0.263 e. The maximum atomic E-state index is 12.3. The van der Waals surface area contributed by atoms with E-state index in [1.54, 1.807) is 30.3 Å². The molecule has 0 aliphatic rings. The van der Waals surface area contributed by atoms with Crippen LogP contribution in [0.1, 0.15) is 5.56 Å². The Morgan fingerprint density at radius 3 is 2.35 bits per heavy atom. The molecule has 0 radical (unpaired) electrons. The molecule has 0 aromatic heterocycles. The predicted molar refractivity (Wildman–Crippen MR) is 92.0 cm³/mol. The van der Waals surface area contributed by atoms with Crippen LogP contribution in [0.2, 0.25) is 0 Å². The van der Waals surface area contributed by atoms with Crippen LogP contribution in [-0.4, -0.2) is 8.42 Å². The van der Waals surface area contributed by atoms with Gasteiger partial charge in [-0.15, -0.1) is 0 Å². The summed E-state index contributed by atoms with van der Waals surface area (Å²) >= 11 is 5.43. The maximum absolute atomic E-state index is 12.3. The van der Waals surface area contributed by atoms with E-state index >= 15 is 0 Å². The van der Waals surface area contributed by atoms with Gasteiger partial charge in [-0.05, 0) is 80.5 Å². The van der Waals surface area contributed by atoms with Crippen LogP contribution in [-0.2, 0) is 16.6 Å². The fraction of sp³-hybridized carbons (Fsp3) is 0.0769. The minimum absolute atomic E-state index is 0.188. The van der Waals surface area contributed by atoms with Crippen molar-refractivity contribution in [3.8, 4) is 0 Å². The lowest BCUT2D eigenvalue weighted by atomic mass is 10.2. The summed E-state index contributed by atoms with van der Waals surface area (Å²) in [7, 11) is -3.62. The molecule has 0 saturated carbocycles. The fourth-order valence-electron chi connectivity index (χ4n) is 1.62. The minimum atomic E-state index is -3.62. The van der Waals surface area contributed by atoms with Gasteiger partial charge in [0.2, 0.25) is 0 Å². The van der Waals surface area contributed by atoms with Crippen LogP contribution in [0.4, 0.5) is 5.69 Å². The van der Waals surface area contributed by atoms with E-state index in [9.17, 15) is 8.42 Å². The summed E-state index contributed by atoms with van der Waals surface area (Å²) < 4.78 is 28.8. The molecule has 0 spiro atoms. The van der Waals surface area contributed by atoms with Crippen LogP contribution in [0, 0.1) is 3.57 Å². The summed E-state index contributed by atoms with van der Waals surface area (Å²) in [5.41, 5.74) is 6.92. The average molecular weight is 467 g/mol. The second kappa shape index (κ2) is 6.42. The number of benzene rings is 2. The third kappa shape index (κ3) is 3.72. The Labute approximate surface area is 140 Å². The number of rotatable bonds is 4. The lowest BCUT2D eigenvalue weighted by Gasteiger charge is -2.10. The summed E-state index contributed by atoms with van der Waals surface area (Å²) in [6.07, 6.45) is 0. The summed E-state index contributed by atoms with van der Waals surface area (Å²) in [5.74, 6) is 0. The minimum Gasteiger partial charge on any atom is -0.326 e. The molecule has 0 amide bonds. The molecule has 20 heavy (non-hydrogen) atoms. The number of halogens is 2. The van der Waals surface area contributed by atoms with Crippen molar-refractivity contribution in [3.63, 3.8) is 0 Å². The molecule has 2 aromatic carbocycles. The van der Waals surface area contributed by atoms with Gasteiger partial charge in [-0.2, -0.15) is 0 Å². The van der Waals surface area contributed by atoms with Crippen LogP contribution >= 0.6 is 38.5 Å². The van der Waals surface area contributed by atoms with Gasteiger partial charge in [-0.3, -0.25) is 4.72 Å². The van der Waals surface area contributed by atoms with Gasteiger partial charge in [-0.25, -0.2) is 8.42 Å². The highest BCUT2D eigenvalue weighted by Crippen LogP contribution is 2.25. The Balaban J connectivity index is 2.33. The van der Waals surface area contributed by atoms with Crippen molar-refractivity contribution in [3.05, 3.63) is 56.1 Å². The second-order valence-electron chi connectivity index (χ2n) is 4.08. The molecule has 0 unspecified atom stereocenters. The van der Waals surface area contributed by atoms with Gasteiger partial charge in [0.05, 0.1) is 0 Å². The Morgan fingerprint density at radius 2 is 1.80 bits per heavy atom. The van der Waals surface area contributed by atoms with E-state index in [0.717, 1.165) is 9.13 Å². The molecule has 4 nitrogen and oxygen atoms in total. The third-order valence-corrected chi connectivity index (χ3v) is 5.70. The second-order valence-corrected chi connectivity index (χ2v) is 7.83. The van der Waals surface area contributed by atoms with Crippen molar-refractivity contribution in [2.75, 3.05) is 4.72 Å². The number of nitrogens with two attached hydrogens (primary N) is 1. The van der Waals surface area contributed by atoms with Crippen molar-refractivity contribution in [2.45, 2.75) is 11.4 Å². The summed E-state index contributed by atoms with van der Waals surface area (Å²) in [4.78, 5) is 0.188. The van der Waals surface area contributed by atoms with E-state index in [0.29, 0.717) is 16.7 Å². The number of sulfonamides is 1. The van der Waals surface area contributed by atoms with Gasteiger partial charge in [0.15, 0.2) is 0 Å². The highest BCUT2D eigenvalue weighted by atomic mass is 127. The molecule has 0 fully saturated rings. The zero-order chi connectivity index (χ0) is 14.8. The zero-order valence-electron chi connectivity index (χ0n) is 10.3. The highest BCUT2D eigenvalue weighted by molar-refractivity contribution is 14.1. The van der Waals surface area contributed by atoms with Crippen LogP contribution in [0.3, 0.4) is 0 Å². The molecule has 0 atom stereocenters. The molecular weight excluding hydrogens is 455 g/mol. The van der Waals surface area contributed by atoms with Crippen molar-refractivity contribution in [1.29, 1.82) is 0 Å². The van der Waals surface area contributed by atoms with Crippen LogP contribution in [0.25, 0.3) is 0 Å². The summed E-state index contributed by atoms with van der Waals surface area (Å²) in [6.45, 7) is 0.365. The van der Waals surface area contributed by atoms with E-state index < -0.39 is 10.0 Å². The molecule has 0 bridgehead atoms. The molecule has 0 heterocycles. The zero-order valence-corrected chi connectivity index (χ0v) is 14.9. The Morgan fingerprint density at radius 1 is 1.15 bits per heavy atom. The fourth-order valence-corrected chi connectivity index (χ4v) is 4.16. The highest BCUT2D eigenvalue weighted by Gasteiger charge is 2.17. The Kier molecular flexibility index (Phi) is 5.05. The molecule has 0 aliphatic carbocycles. The summed E-state index contributed by atoms with van der Waals surface area (Å²) in [5, 5.41) is 0. The van der Waals surface area contributed by atoms with Gasteiger partial charge < -0.3 is 5.73 Å². The van der Waals surface area contributed by atoms with Crippen molar-refractivity contribution >= 4 is 54.2 Å². The number of anilines is 1. The van der Waals surface area contributed by atoms with E-state index in [1.165, 1.54) is 0 Å². The van der Waals surface area contributed by atoms with Crippen molar-refractivity contribution < 1.29 is 8.42 Å². The first-order valence-corrected chi connectivity index (χ1v) is 9.05. The third-order valence-electron chi connectivity index (χ3n) is 2.62. The Bertz CT molecular complexity index is 718. The van der Waals surface area contributed by atoms with Gasteiger partial charge in [0.25, 0.3) is 10.0 Å². The van der Waals surface area contributed by atoms with E-state index in [4.69, 9.17) is 5.73 Å². The molecule has 0 aliphatic heterocycles. The van der Waals surface area contributed by atoms with Crippen LogP contribution in [0.15, 0.2) is 51.8 Å². The SMILES string of the molecule is NCc1ccc(S(=O)(=O)Nc2ccc(I)cc2)c(Br)c1. The first-order chi connectivity index (χ1) is 9.42. The van der Waals surface area contributed by atoms with Crippen molar-refractivity contribution in [1.82, 2.24) is 0 Å². The molecule has 7 heteroatoms. The largest absolute Gasteiger partial charge is 0.326 e. The average Bonchev–Trinajstić information content (AvgIpc) is 2.40. The monoisotopic (exact) mass is 466 g/mol. The van der Waals surface area contributed by atoms with Gasteiger partial charge >= 0.3 is 0 Å². The van der Waals surface area contributed by atoms with E-state index in [2.05, 4.69) is 43.2 Å². The van der Waals surface area contributed by atoms with Crippen molar-refractivity contribution in [2.24, 2.45) is 5.73 Å². The van der Waals surface area contributed by atoms with Crippen LogP contribution < -0.4 is 10.5 Å². The first kappa shape index (κ1) is 15.7.